The van der Waals surface area contributed by atoms with Crippen LogP contribution in [0, 0.1) is 18.3 Å². The number of halogens is 1. The van der Waals surface area contributed by atoms with Gasteiger partial charge in [0.2, 0.25) is 5.06 Å². The van der Waals surface area contributed by atoms with E-state index in [1.165, 1.54) is 0 Å². The highest BCUT2D eigenvalue weighted by atomic mass is 35.5. The summed E-state index contributed by atoms with van der Waals surface area (Å²) in [6, 6.07) is 15.3. The predicted octanol–water partition coefficient (Wildman–Crippen LogP) is 5.66. The Bertz CT molecular complexity index is 1020. The van der Waals surface area contributed by atoms with Gasteiger partial charge in [0.1, 0.15) is 23.1 Å². The lowest BCUT2D eigenvalue weighted by Crippen LogP contribution is -2.07. The molecule has 136 valence electrons. The van der Waals surface area contributed by atoms with Gasteiger partial charge in [0.25, 0.3) is 0 Å². The third-order valence-electron chi connectivity index (χ3n) is 3.69. The highest BCUT2D eigenvalue weighted by Crippen LogP contribution is 2.39. The van der Waals surface area contributed by atoms with E-state index in [1.54, 1.807) is 12.4 Å². The van der Waals surface area contributed by atoms with Crippen LogP contribution >= 0.6 is 23.1 Å². The Labute approximate surface area is 167 Å². The average Bonchev–Trinajstić information content (AvgIpc) is 3.06. The van der Waals surface area contributed by atoms with Gasteiger partial charge in [0.05, 0.1) is 17.0 Å². The van der Waals surface area contributed by atoms with Gasteiger partial charge in [-0.15, -0.1) is 0 Å². The van der Waals surface area contributed by atoms with Crippen molar-refractivity contribution in [3.8, 4) is 28.1 Å². The van der Waals surface area contributed by atoms with E-state index in [0.29, 0.717) is 32.8 Å². The van der Waals surface area contributed by atoms with E-state index in [4.69, 9.17) is 16.3 Å². The minimum Gasteiger partial charge on any atom is -0.443 e. The first-order chi connectivity index (χ1) is 13.0. The second-order valence-corrected chi connectivity index (χ2v) is 7.19. The molecule has 0 saturated carbocycles. The van der Waals surface area contributed by atoms with Crippen LogP contribution in [-0.2, 0) is 0 Å². The Morgan fingerprint density at radius 3 is 2.67 bits per heavy atom. The molecule has 7 heteroatoms. The fourth-order valence-electron chi connectivity index (χ4n) is 2.37. The monoisotopic (exact) mass is 396 g/mol. The summed E-state index contributed by atoms with van der Waals surface area (Å²) >= 11 is 7.49. The molecule has 0 N–H and O–H groups in total. The summed E-state index contributed by atoms with van der Waals surface area (Å²) in [6.45, 7) is 1.91. The fourth-order valence-corrected chi connectivity index (χ4v) is 3.30. The molecule has 5 nitrogen and oxygen atoms in total. The van der Waals surface area contributed by atoms with Gasteiger partial charge in [0, 0.05) is 37.3 Å². The molecular weight excluding hydrogens is 380 g/mol. The van der Waals surface area contributed by atoms with Gasteiger partial charge in [-0.1, -0.05) is 41.9 Å². The highest BCUT2D eigenvalue weighted by molar-refractivity contribution is 7.08. The van der Waals surface area contributed by atoms with Crippen molar-refractivity contribution in [3.63, 3.8) is 0 Å². The second kappa shape index (κ2) is 8.21. The van der Waals surface area contributed by atoms with E-state index in [0.717, 1.165) is 22.7 Å². The molecule has 3 rings (SSSR count). The Balaban J connectivity index is 1.94. The summed E-state index contributed by atoms with van der Waals surface area (Å²) in [7, 11) is 3.78. The van der Waals surface area contributed by atoms with E-state index >= 15 is 0 Å². The zero-order valence-electron chi connectivity index (χ0n) is 15.1. The summed E-state index contributed by atoms with van der Waals surface area (Å²) in [6.07, 6.45) is 1.68. The summed E-state index contributed by atoms with van der Waals surface area (Å²) in [5.41, 5.74) is 3.43. The van der Waals surface area contributed by atoms with Gasteiger partial charge in [0.15, 0.2) is 0 Å². The van der Waals surface area contributed by atoms with E-state index in [9.17, 15) is 5.26 Å². The van der Waals surface area contributed by atoms with Gasteiger partial charge in [-0.2, -0.15) is 9.64 Å². The van der Waals surface area contributed by atoms with Gasteiger partial charge in [-0.05, 0) is 18.6 Å². The van der Waals surface area contributed by atoms with Crippen molar-refractivity contribution in [1.82, 2.24) is 9.27 Å². The number of ether oxygens (including phenoxy) is 1. The smallest absolute Gasteiger partial charge is 0.218 e. The van der Waals surface area contributed by atoms with Crippen molar-refractivity contribution in [1.29, 1.82) is 5.26 Å². The van der Waals surface area contributed by atoms with Gasteiger partial charge >= 0.3 is 0 Å². The van der Waals surface area contributed by atoms with Gasteiger partial charge in [-0.25, -0.2) is 4.99 Å². The molecule has 0 radical (unpaired) electrons. The molecular formula is C20H17ClN4OS. The first-order valence-electron chi connectivity index (χ1n) is 8.13. The number of aliphatic imine (C=N–C) groups is 1. The maximum atomic E-state index is 9.60. The zero-order chi connectivity index (χ0) is 19.4. The molecule has 1 aromatic heterocycles. The Hall–Kier alpha value is -2.88. The quantitative estimate of drug-likeness (QED) is 0.412. The first kappa shape index (κ1) is 18.9. The fraction of sp³-hybridized carbons (Fsp3) is 0.150. The van der Waals surface area contributed by atoms with Crippen LogP contribution in [0.15, 0.2) is 47.5 Å². The van der Waals surface area contributed by atoms with Crippen LogP contribution in [-0.4, -0.2) is 29.7 Å². The molecule has 3 aromatic rings. The number of aromatic nitrogens is 1. The van der Waals surface area contributed by atoms with Crippen molar-refractivity contribution in [3.05, 3.63) is 58.6 Å². The van der Waals surface area contributed by atoms with Crippen LogP contribution in [0.25, 0.3) is 11.3 Å². The Kier molecular flexibility index (Phi) is 5.75. The molecule has 0 saturated heterocycles. The summed E-state index contributed by atoms with van der Waals surface area (Å²) < 4.78 is 10.4. The van der Waals surface area contributed by atoms with Crippen LogP contribution in [0.2, 0.25) is 5.02 Å². The molecule has 0 amide bonds. The number of rotatable bonds is 5. The SMILES string of the molecule is Cc1cc(/N=C\N(C)C)c(Cl)cc1Oc1snc(-c2ccccc2)c1C#N. The molecule has 0 aliphatic heterocycles. The lowest BCUT2D eigenvalue weighted by molar-refractivity contribution is 0.491. The molecule has 0 aliphatic carbocycles. The van der Waals surface area contributed by atoms with E-state index < -0.39 is 0 Å². The van der Waals surface area contributed by atoms with Crippen LogP contribution in [0.1, 0.15) is 11.1 Å². The van der Waals surface area contributed by atoms with Gasteiger partial charge < -0.3 is 9.64 Å². The topological polar surface area (TPSA) is 61.5 Å². The van der Waals surface area contributed by atoms with E-state index in [1.807, 2.05) is 62.3 Å². The van der Waals surface area contributed by atoms with E-state index in [-0.39, 0.29) is 0 Å². The van der Waals surface area contributed by atoms with Crippen LogP contribution in [0.3, 0.4) is 0 Å². The molecule has 0 unspecified atom stereocenters. The van der Waals surface area contributed by atoms with Crippen molar-refractivity contribution < 1.29 is 4.74 Å². The largest absolute Gasteiger partial charge is 0.443 e. The van der Waals surface area contributed by atoms with Gasteiger partial charge in [-0.3, -0.25) is 0 Å². The lowest BCUT2D eigenvalue weighted by Gasteiger charge is -2.10. The normalized spacial score (nSPS) is 10.8. The Morgan fingerprint density at radius 1 is 1.26 bits per heavy atom. The first-order valence-corrected chi connectivity index (χ1v) is 9.28. The minimum atomic E-state index is 0.413. The number of hydrogen-bond donors (Lipinski definition) is 0. The number of nitriles is 1. The van der Waals surface area contributed by atoms with Crippen molar-refractivity contribution >= 4 is 35.2 Å². The number of nitrogens with zero attached hydrogens (tertiary/aromatic N) is 4. The van der Waals surface area contributed by atoms with Crippen molar-refractivity contribution in [2.24, 2.45) is 4.99 Å². The maximum Gasteiger partial charge on any atom is 0.218 e. The second-order valence-electron chi connectivity index (χ2n) is 6.05. The lowest BCUT2D eigenvalue weighted by atomic mass is 10.1. The molecule has 0 aliphatic rings. The molecule has 0 fully saturated rings. The summed E-state index contributed by atoms with van der Waals surface area (Å²) in [5, 5.41) is 10.5. The molecule has 27 heavy (non-hydrogen) atoms. The number of hydrogen-bond acceptors (Lipinski definition) is 5. The predicted molar refractivity (Wildman–Crippen MR) is 110 cm³/mol. The third kappa shape index (κ3) is 4.27. The summed E-state index contributed by atoms with van der Waals surface area (Å²) in [5.74, 6) is 0.573. The van der Waals surface area contributed by atoms with E-state index in [2.05, 4.69) is 15.4 Å². The third-order valence-corrected chi connectivity index (χ3v) is 4.72. The number of benzene rings is 2. The standard InChI is InChI=1S/C20H17ClN4OS/c1-13-9-17(23-12-25(2)3)16(21)10-18(13)26-20-15(11-22)19(24-27-20)14-7-5-4-6-8-14/h4-10,12H,1-3H3/b23-12-. The molecule has 0 spiro atoms. The Morgan fingerprint density at radius 2 is 2.00 bits per heavy atom. The van der Waals surface area contributed by atoms with Crippen LogP contribution in [0.5, 0.6) is 10.8 Å². The number of aryl methyl sites for hydroxylation is 1. The molecule has 2 aromatic carbocycles. The molecule has 1 heterocycles. The van der Waals surface area contributed by atoms with Crippen LogP contribution < -0.4 is 4.74 Å². The highest BCUT2D eigenvalue weighted by Gasteiger charge is 2.18. The zero-order valence-corrected chi connectivity index (χ0v) is 16.7. The molecule has 0 atom stereocenters. The average molecular weight is 397 g/mol. The summed E-state index contributed by atoms with van der Waals surface area (Å²) in [4.78, 5) is 6.17. The minimum absolute atomic E-state index is 0.413. The maximum absolute atomic E-state index is 9.60. The van der Waals surface area contributed by atoms with Crippen molar-refractivity contribution in [2.75, 3.05) is 14.1 Å². The molecule has 0 bridgehead atoms. The van der Waals surface area contributed by atoms with Crippen LogP contribution in [0.4, 0.5) is 5.69 Å². The van der Waals surface area contributed by atoms with Crippen molar-refractivity contribution in [2.45, 2.75) is 6.92 Å².